The van der Waals surface area contributed by atoms with Crippen LogP contribution < -0.4 is 0 Å². The zero-order valence-electron chi connectivity index (χ0n) is 8.98. The molecule has 2 nitrogen and oxygen atoms in total. The molecular weight excluding hydrogens is 188 g/mol. The molecule has 0 spiro atoms. The average molecular weight is 204 g/mol. The van der Waals surface area contributed by atoms with E-state index in [1.165, 1.54) is 5.56 Å². The topological polar surface area (TPSA) is 18.5 Å². The molecule has 1 heterocycles. The van der Waals surface area contributed by atoms with E-state index in [2.05, 4.69) is 18.7 Å². The van der Waals surface area contributed by atoms with Crippen molar-refractivity contribution in [1.29, 1.82) is 0 Å². The van der Waals surface area contributed by atoms with Crippen LogP contribution in [0.1, 0.15) is 25.0 Å². The van der Waals surface area contributed by atoms with Gasteiger partial charge in [-0.2, -0.15) is 0 Å². The predicted octanol–water partition coefficient (Wildman–Crippen LogP) is 3.07. The molecule has 2 heteroatoms. The summed E-state index contributed by atoms with van der Waals surface area (Å²) in [6, 6.07) is 10.2. The van der Waals surface area contributed by atoms with Crippen LogP contribution in [0.5, 0.6) is 0 Å². The Kier molecular flexibility index (Phi) is 3.19. The SMILES string of the molecule is C=C1C[C@@H](c2ccccc2)O[C@H]1OCC. The third-order valence-electron chi connectivity index (χ3n) is 2.56. The molecule has 0 aliphatic carbocycles. The van der Waals surface area contributed by atoms with Crippen LogP contribution >= 0.6 is 0 Å². The van der Waals surface area contributed by atoms with E-state index in [-0.39, 0.29) is 12.4 Å². The van der Waals surface area contributed by atoms with Gasteiger partial charge in [0.25, 0.3) is 0 Å². The normalized spacial score (nSPS) is 25.8. The first kappa shape index (κ1) is 10.4. The standard InChI is InChI=1S/C13H16O2/c1-3-14-13-10(2)9-12(15-13)11-7-5-4-6-8-11/h4-8,12-13H,2-3,9H2,1H3/t12-,13+/m0/s1. The lowest BCUT2D eigenvalue weighted by Crippen LogP contribution is -2.12. The van der Waals surface area contributed by atoms with Gasteiger partial charge in [0, 0.05) is 13.0 Å². The number of hydrogen-bond acceptors (Lipinski definition) is 2. The first-order valence-corrected chi connectivity index (χ1v) is 5.31. The van der Waals surface area contributed by atoms with Gasteiger partial charge in [0.2, 0.25) is 0 Å². The third-order valence-corrected chi connectivity index (χ3v) is 2.56. The summed E-state index contributed by atoms with van der Waals surface area (Å²) in [7, 11) is 0. The van der Waals surface area contributed by atoms with Gasteiger partial charge in [0.05, 0.1) is 6.10 Å². The smallest absolute Gasteiger partial charge is 0.180 e. The van der Waals surface area contributed by atoms with Crippen LogP contribution in [0.4, 0.5) is 0 Å². The zero-order valence-corrected chi connectivity index (χ0v) is 8.98. The van der Waals surface area contributed by atoms with Crippen molar-refractivity contribution >= 4 is 0 Å². The van der Waals surface area contributed by atoms with Gasteiger partial charge in [-0.3, -0.25) is 0 Å². The van der Waals surface area contributed by atoms with Gasteiger partial charge in [-0.05, 0) is 18.1 Å². The highest BCUT2D eigenvalue weighted by atomic mass is 16.7. The zero-order chi connectivity index (χ0) is 10.7. The molecule has 15 heavy (non-hydrogen) atoms. The highest BCUT2D eigenvalue weighted by Gasteiger charge is 2.29. The largest absolute Gasteiger partial charge is 0.349 e. The first-order valence-electron chi connectivity index (χ1n) is 5.31. The Morgan fingerprint density at radius 3 is 2.80 bits per heavy atom. The molecule has 1 aliphatic rings. The summed E-state index contributed by atoms with van der Waals surface area (Å²) in [6.07, 6.45) is 0.741. The van der Waals surface area contributed by atoms with E-state index in [0.717, 1.165) is 12.0 Å². The number of hydrogen-bond donors (Lipinski definition) is 0. The van der Waals surface area contributed by atoms with Crippen LogP contribution in [0.15, 0.2) is 42.5 Å². The predicted molar refractivity (Wildman–Crippen MR) is 59.4 cm³/mol. The van der Waals surface area contributed by atoms with Gasteiger partial charge < -0.3 is 9.47 Å². The maximum absolute atomic E-state index is 5.78. The van der Waals surface area contributed by atoms with E-state index in [9.17, 15) is 0 Å². The molecule has 1 aliphatic heterocycles. The molecule has 0 radical (unpaired) electrons. The Balaban J connectivity index is 2.06. The molecule has 0 saturated carbocycles. The van der Waals surface area contributed by atoms with Crippen molar-refractivity contribution in [2.75, 3.05) is 6.61 Å². The summed E-state index contributed by atoms with van der Waals surface area (Å²) < 4.78 is 11.2. The Bertz CT molecular complexity index is 332. The first-order chi connectivity index (χ1) is 7.31. The van der Waals surface area contributed by atoms with Gasteiger partial charge in [0.1, 0.15) is 0 Å². The van der Waals surface area contributed by atoms with Crippen LogP contribution in [0.3, 0.4) is 0 Å². The van der Waals surface area contributed by atoms with Crippen LogP contribution in [-0.4, -0.2) is 12.9 Å². The molecule has 1 aromatic rings. The Labute approximate surface area is 90.5 Å². The lowest BCUT2D eigenvalue weighted by atomic mass is 10.1. The summed E-state index contributed by atoms with van der Waals surface area (Å²) in [5.74, 6) is 0. The van der Waals surface area contributed by atoms with Crippen molar-refractivity contribution in [3.05, 3.63) is 48.0 Å². The van der Waals surface area contributed by atoms with E-state index >= 15 is 0 Å². The van der Waals surface area contributed by atoms with Gasteiger partial charge in [0.15, 0.2) is 6.29 Å². The second-order valence-electron chi connectivity index (χ2n) is 3.69. The lowest BCUT2D eigenvalue weighted by molar-refractivity contribution is -0.116. The molecule has 80 valence electrons. The van der Waals surface area contributed by atoms with E-state index in [4.69, 9.17) is 9.47 Å². The molecule has 0 N–H and O–H groups in total. The van der Waals surface area contributed by atoms with Gasteiger partial charge in [-0.25, -0.2) is 0 Å². The second-order valence-corrected chi connectivity index (χ2v) is 3.69. The fourth-order valence-corrected chi connectivity index (χ4v) is 1.80. The molecule has 1 fully saturated rings. The molecule has 0 aromatic heterocycles. The average Bonchev–Trinajstić information content (AvgIpc) is 2.63. The van der Waals surface area contributed by atoms with Crippen molar-refractivity contribution in [3.8, 4) is 0 Å². The van der Waals surface area contributed by atoms with E-state index in [0.29, 0.717) is 6.61 Å². The minimum Gasteiger partial charge on any atom is -0.349 e. The minimum atomic E-state index is -0.222. The number of rotatable bonds is 3. The lowest BCUT2D eigenvalue weighted by Gasteiger charge is -2.13. The van der Waals surface area contributed by atoms with Crippen molar-refractivity contribution in [3.63, 3.8) is 0 Å². The third kappa shape index (κ3) is 2.28. The molecule has 1 aromatic carbocycles. The van der Waals surface area contributed by atoms with Crippen LogP contribution in [0.2, 0.25) is 0 Å². The number of ether oxygens (including phenoxy) is 2. The van der Waals surface area contributed by atoms with Crippen molar-refractivity contribution < 1.29 is 9.47 Å². The monoisotopic (exact) mass is 204 g/mol. The Morgan fingerprint density at radius 2 is 2.13 bits per heavy atom. The maximum Gasteiger partial charge on any atom is 0.180 e. The summed E-state index contributed by atoms with van der Waals surface area (Å²) in [4.78, 5) is 0. The molecule has 0 bridgehead atoms. The molecule has 0 amide bonds. The summed E-state index contributed by atoms with van der Waals surface area (Å²) >= 11 is 0. The van der Waals surface area contributed by atoms with Gasteiger partial charge >= 0.3 is 0 Å². The quantitative estimate of drug-likeness (QED) is 0.704. The van der Waals surface area contributed by atoms with Crippen LogP contribution in [0.25, 0.3) is 0 Å². The van der Waals surface area contributed by atoms with Crippen molar-refractivity contribution in [2.24, 2.45) is 0 Å². The Morgan fingerprint density at radius 1 is 1.40 bits per heavy atom. The molecule has 2 rings (SSSR count). The molecule has 0 unspecified atom stereocenters. The molecular formula is C13H16O2. The highest BCUT2D eigenvalue weighted by Crippen LogP contribution is 2.35. The van der Waals surface area contributed by atoms with Gasteiger partial charge in [-0.15, -0.1) is 0 Å². The fraction of sp³-hybridized carbons (Fsp3) is 0.385. The van der Waals surface area contributed by atoms with Crippen molar-refractivity contribution in [2.45, 2.75) is 25.7 Å². The molecule has 1 saturated heterocycles. The summed E-state index contributed by atoms with van der Waals surface area (Å²) in [5, 5.41) is 0. The van der Waals surface area contributed by atoms with Crippen molar-refractivity contribution in [1.82, 2.24) is 0 Å². The fourth-order valence-electron chi connectivity index (χ4n) is 1.80. The van der Waals surface area contributed by atoms with E-state index in [1.807, 2.05) is 25.1 Å². The Hall–Kier alpha value is -1.12. The summed E-state index contributed by atoms with van der Waals surface area (Å²) in [6.45, 7) is 6.60. The number of benzene rings is 1. The van der Waals surface area contributed by atoms with Crippen LogP contribution in [0, 0.1) is 0 Å². The van der Waals surface area contributed by atoms with Crippen LogP contribution in [-0.2, 0) is 9.47 Å². The summed E-state index contributed by atoms with van der Waals surface area (Å²) in [5.41, 5.74) is 2.23. The van der Waals surface area contributed by atoms with E-state index in [1.54, 1.807) is 0 Å². The second kappa shape index (κ2) is 4.60. The maximum atomic E-state index is 5.78. The van der Waals surface area contributed by atoms with Gasteiger partial charge in [-0.1, -0.05) is 36.9 Å². The highest BCUT2D eigenvalue weighted by molar-refractivity contribution is 5.22. The molecule has 2 atom stereocenters. The minimum absolute atomic E-state index is 0.107. The van der Waals surface area contributed by atoms with E-state index < -0.39 is 0 Å².